The van der Waals surface area contributed by atoms with Crippen molar-refractivity contribution in [2.75, 3.05) is 7.11 Å². The zero-order valence-corrected chi connectivity index (χ0v) is 7.99. The van der Waals surface area contributed by atoms with Crippen LogP contribution >= 0.6 is 0 Å². The van der Waals surface area contributed by atoms with E-state index in [2.05, 4.69) is 13.8 Å². The first kappa shape index (κ1) is 9.96. The molecule has 1 aliphatic heterocycles. The van der Waals surface area contributed by atoms with Crippen LogP contribution in [0.1, 0.15) is 26.7 Å². The molecule has 0 amide bonds. The minimum Gasteiger partial charge on any atom is -0.387 e. The second kappa shape index (κ2) is 4.21. The highest BCUT2D eigenvalue weighted by Crippen LogP contribution is 2.31. The summed E-state index contributed by atoms with van der Waals surface area (Å²) in [6.07, 6.45) is 1.18. The van der Waals surface area contributed by atoms with Gasteiger partial charge in [-0.2, -0.15) is 0 Å². The number of methoxy groups -OCH3 is 1. The van der Waals surface area contributed by atoms with E-state index in [4.69, 9.17) is 9.47 Å². The van der Waals surface area contributed by atoms with Crippen molar-refractivity contribution in [1.29, 1.82) is 0 Å². The molecule has 1 N–H and O–H groups in total. The average Bonchev–Trinajstić information content (AvgIpc) is 2.41. The molecule has 1 saturated heterocycles. The molecular formula is C9H18O3. The Balaban J connectivity index is 2.58. The summed E-state index contributed by atoms with van der Waals surface area (Å²) in [5, 5.41) is 9.70. The lowest BCUT2D eigenvalue weighted by Gasteiger charge is -2.15. The Kier molecular flexibility index (Phi) is 3.50. The van der Waals surface area contributed by atoms with Gasteiger partial charge in [-0.1, -0.05) is 13.8 Å². The first-order chi connectivity index (χ1) is 5.74. The van der Waals surface area contributed by atoms with Crippen LogP contribution in [-0.2, 0) is 9.47 Å². The van der Waals surface area contributed by atoms with Crippen LogP contribution in [0.2, 0.25) is 0 Å². The Hall–Kier alpha value is -0.120. The minimum absolute atomic E-state index is 0.162. The number of aliphatic hydroxyl groups excluding tert-OH is 1. The predicted molar refractivity (Wildman–Crippen MR) is 45.7 cm³/mol. The lowest BCUT2D eigenvalue weighted by atomic mass is 9.94. The van der Waals surface area contributed by atoms with Crippen LogP contribution in [0.25, 0.3) is 0 Å². The van der Waals surface area contributed by atoms with E-state index in [1.807, 2.05) is 0 Å². The largest absolute Gasteiger partial charge is 0.387 e. The van der Waals surface area contributed by atoms with E-state index in [0.29, 0.717) is 0 Å². The SMILES string of the molecule is CCC1C(O)[C@H](OC)O[C@@H]1CC. The van der Waals surface area contributed by atoms with Crippen molar-refractivity contribution in [1.82, 2.24) is 0 Å². The summed E-state index contributed by atoms with van der Waals surface area (Å²) in [4.78, 5) is 0. The van der Waals surface area contributed by atoms with Gasteiger partial charge in [-0.3, -0.25) is 0 Å². The maximum Gasteiger partial charge on any atom is 0.183 e. The molecule has 1 rings (SSSR count). The van der Waals surface area contributed by atoms with Gasteiger partial charge in [-0.15, -0.1) is 0 Å². The molecule has 4 atom stereocenters. The standard InChI is InChI=1S/C9H18O3/c1-4-6-7(5-2)12-9(11-3)8(6)10/h6-10H,4-5H2,1-3H3/t6?,7-,8?,9-/m1/s1. The van der Waals surface area contributed by atoms with Crippen LogP contribution in [0.4, 0.5) is 0 Å². The second-order valence-corrected chi connectivity index (χ2v) is 3.25. The lowest BCUT2D eigenvalue weighted by Crippen LogP contribution is -2.28. The Bertz CT molecular complexity index is 136. The van der Waals surface area contributed by atoms with Gasteiger partial charge < -0.3 is 14.6 Å². The van der Waals surface area contributed by atoms with Crippen molar-refractivity contribution in [2.24, 2.45) is 5.92 Å². The van der Waals surface area contributed by atoms with Gasteiger partial charge in [0.15, 0.2) is 6.29 Å². The van der Waals surface area contributed by atoms with Gasteiger partial charge in [0.05, 0.1) is 6.10 Å². The summed E-state index contributed by atoms with van der Waals surface area (Å²) in [7, 11) is 1.57. The molecule has 0 aromatic rings. The number of hydrogen-bond donors (Lipinski definition) is 1. The Morgan fingerprint density at radius 2 is 2.00 bits per heavy atom. The number of rotatable bonds is 3. The maximum absolute atomic E-state index is 9.70. The summed E-state index contributed by atoms with van der Waals surface area (Å²) in [5.41, 5.74) is 0. The van der Waals surface area contributed by atoms with E-state index in [1.54, 1.807) is 7.11 Å². The topological polar surface area (TPSA) is 38.7 Å². The highest BCUT2D eigenvalue weighted by molar-refractivity contribution is 4.84. The fourth-order valence-corrected chi connectivity index (χ4v) is 1.87. The highest BCUT2D eigenvalue weighted by atomic mass is 16.7. The van der Waals surface area contributed by atoms with Gasteiger partial charge in [0.1, 0.15) is 6.10 Å². The van der Waals surface area contributed by atoms with Crippen molar-refractivity contribution in [2.45, 2.75) is 45.2 Å². The zero-order chi connectivity index (χ0) is 9.14. The molecule has 3 heteroatoms. The van der Waals surface area contributed by atoms with Crippen molar-refractivity contribution in [3.63, 3.8) is 0 Å². The third-order valence-electron chi connectivity index (χ3n) is 2.61. The molecule has 0 aliphatic carbocycles. The van der Waals surface area contributed by atoms with Gasteiger partial charge in [-0.05, 0) is 12.8 Å². The molecule has 0 aromatic carbocycles. The molecule has 72 valence electrons. The Morgan fingerprint density at radius 3 is 2.33 bits per heavy atom. The number of aliphatic hydroxyl groups is 1. The summed E-state index contributed by atoms with van der Waals surface area (Å²) < 4.78 is 10.5. The molecular weight excluding hydrogens is 156 g/mol. The molecule has 0 radical (unpaired) electrons. The normalized spacial score (nSPS) is 42.0. The van der Waals surface area contributed by atoms with E-state index in [9.17, 15) is 5.11 Å². The van der Waals surface area contributed by atoms with Crippen LogP contribution in [0, 0.1) is 5.92 Å². The van der Waals surface area contributed by atoms with Crippen molar-refractivity contribution in [3.05, 3.63) is 0 Å². The first-order valence-corrected chi connectivity index (χ1v) is 4.60. The molecule has 0 spiro atoms. The average molecular weight is 174 g/mol. The summed E-state index contributed by atoms with van der Waals surface area (Å²) in [5.74, 6) is 0.236. The van der Waals surface area contributed by atoms with E-state index in [1.165, 1.54) is 0 Å². The molecule has 1 fully saturated rings. The molecule has 0 bridgehead atoms. The number of hydrogen-bond acceptors (Lipinski definition) is 3. The van der Waals surface area contributed by atoms with Crippen LogP contribution in [0.15, 0.2) is 0 Å². The molecule has 12 heavy (non-hydrogen) atoms. The van der Waals surface area contributed by atoms with E-state index in [0.717, 1.165) is 12.8 Å². The zero-order valence-electron chi connectivity index (χ0n) is 7.99. The molecule has 0 saturated carbocycles. The van der Waals surface area contributed by atoms with Crippen LogP contribution in [0.3, 0.4) is 0 Å². The van der Waals surface area contributed by atoms with E-state index < -0.39 is 12.4 Å². The maximum atomic E-state index is 9.70. The molecule has 3 nitrogen and oxygen atoms in total. The fourth-order valence-electron chi connectivity index (χ4n) is 1.87. The van der Waals surface area contributed by atoms with E-state index >= 15 is 0 Å². The molecule has 2 unspecified atom stereocenters. The summed E-state index contributed by atoms with van der Waals surface area (Å²) in [6, 6.07) is 0. The Labute approximate surface area is 73.7 Å². The third kappa shape index (κ3) is 1.63. The second-order valence-electron chi connectivity index (χ2n) is 3.25. The lowest BCUT2D eigenvalue weighted by molar-refractivity contribution is -0.148. The summed E-state index contributed by atoms with van der Waals surface area (Å²) >= 11 is 0. The quantitative estimate of drug-likeness (QED) is 0.697. The predicted octanol–water partition coefficient (Wildman–Crippen LogP) is 1.15. The molecule has 0 aromatic heterocycles. The molecule has 1 aliphatic rings. The van der Waals surface area contributed by atoms with Crippen molar-refractivity contribution >= 4 is 0 Å². The van der Waals surface area contributed by atoms with Gasteiger partial charge in [-0.25, -0.2) is 0 Å². The van der Waals surface area contributed by atoms with E-state index in [-0.39, 0.29) is 12.0 Å². The van der Waals surface area contributed by atoms with Gasteiger partial charge in [0.25, 0.3) is 0 Å². The van der Waals surface area contributed by atoms with Gasteiger partial charge in [0, 0.05) is 13.0 Å². The van der Waals surface area contributed by atoms with Crippen molar-refractivity contribution < 1.29 is 14.6 Å². The Morgan fingerprint density at radius 1 is 1.33 bits per heavy atom. The smallest absolute Gasteiger partial charge is 0.183 e. The monoisotopic (exact) mass is 174 g/mol. The third-order valence-corrected chi connectivity index (χ3v) is 2.61. The first-order valence-electron chi connectivity index (χ1n) is 4.60. The molecule has 1 heterocycles. The van der Waals surface area contributed by atoms with Crippen LogP contribution in [-0.4, -0.2) is 30.7 Å². The van der Waals surface area contributed by atoms with Gasteiger partial charge >= 0.3 is 0 Å². The minimum atomic E-state index is -0.454. The highest BCUT2D eigenvalue weighted by Gasteiger charge is 2.41. The fraction of sp³-hybridized carbons (Fsp3) is 1.00. The summed E-state index contributed by atoms with van der Waals surface area (Å²) in [6.45, 7) is 4.13. The van der Waals surface area contributed by atoms with Crippen molar-refractivity contribution in [3.8, 4) is 0 Å². The number of ether oxygens (including phenoxy) is 2. The van der Waals surface area contributed by atoms with Crippen LogP contribution < -0.4 is 0 Å². The van der Waals surface area contributed by atoms with Gasteiger partial charge in [0.2, 0.25) is 0 Å². The van der Waals surface area contributed by atoms with Crippen LogP contribution in [0.5, 0.6) is 0 Å².